The minimum absolute atomic E-state index is 0.000492. The number of hydrogen-bond acceptors (Lipinski definition) is 2. The SMILES string of the molecule is COc1ccc(C2(O)CCCC(C(F)(F)F)C2)cc1F. The van der Waals surface area contributed by atoms with Crippen LogP contribution >= 0.6 is 0 Å². The third kappa shape index (κ3) is 2.90. The lowest BCUT2D eigenvalue weighted by Crippen LogP contribution is -2.38. The number of rotatable bonds is 2. The predicted octanol–water partition coefficient (Wildman–Crippen LogP) is 3.77. The van der Waals surface area contributed by atoms with Crippen LogP contribution in [-0.4, -0.2) is 18.4 Å². The second-order valence-electron chi connectivity index (χ2n) is 5.22. The van der Waals surface area contributed by atoms with Crippen LogP contribution in [0.3, 0.4) is 0 Å². The summed E-state index contributed by atoms with van der Waals surface area (Å²) in [5.41, 5.74) is -1.46. The molecule has 0 amide bonds. The summed E-state index contributed by atoms with van der Waals surface area (Å²) >= 11 is 0. The first-order chi connectivity index (χ1) is 9.26. The zero-order valence-corrected chi connectivity index (χ0v) is 11.0. The average molecular weight is 292 g/mol. The molecule has 2 rings (SSSR count). The van der Waals surface area contributed by atoms with Crippen LogP contribution in [-0.2, 0) is 5.60 Å². The van der Waals surface area contributed by atoms with Crippen molar-refractivity contribution in [3.8, 4) is 5.75 Å². The summed E-state index contributed by atoms with van der Waals surface area (Å²) in [5, 5.41) is 10.5. The molecular weight excluding hydrogens is 276 g/mol. The van der Waals surface area contributed by atoms with Crippen LogP contribution in [0.1, 0.15) is 31.2 Å². The van der Waals surface area contributed by atoms with E-state index in [2.05, 4.69) is 0 Å². The van der Waals surface area contributed by atoms with E-state index < -0.39 is 29.9 Å². The topological polar surface area (TPSA) is 29.5 Å². The first-order valence-corrected chi connectivity index (χ1v) is 6.39. The minimum atomic E-state index is -4.33. The molecule has 1 aromatic rings. The summed E-state index contributed by atoms with van der Waals surface area (Å²) in [7, 11) is 1.30. The highest BCUT2D eigenvalue weighted by Gasteiger charge is 2.47. The molecular formula is C14H16F4O2. The molecule has 1 saturated carbocycles. The number of halogens is 4. The van der Waals surface area contributed by atoms with Gasteiger partial charge in [-0.3, -0.25) is 0 Å². The van der Waals surface area contributed by atoms with Gasteiger partial charge in [0.15, 0.2) is 11.6 Å². The lowest BCUT2D eigenvalue weighted by Gasteiger charge is -2.38. The molecule has 0 heterocycles. The Labute approximate surface area is 114 Å². The van der Waals surface area contributed by atoms with Crippen molar-refractivity contribution in [3.63, 3.8) is 0 Å². The standard InChI is InChI=1S/C14H16F4O2/c1-20-12-5-4-9(7-11(12)15)13(19)6-2-3-10(8-13)14(16,17)18/h4-5,7,10,19H,2-3,6,8H2,1H3. The van der Waals surface area contributed by atoms with E-state index in [1.54, 1.807) is 0 Å². The molecule has 2 atom stereocenters. The molecule has 1 aliphatic rings. The van der Waals surface area contributed by atoms with Crippen molar-refractivity contribution in [2.45, 2.75) is 37.5 Å². The van der Waals surface area contributed by atoms with Gasteiger partial charge in [-0.05, 0) is 43.4 Å². The van der Waals surface area contributed by atoms with Gasteiger partial charge in [0.1, 0.15) is 0 Å². The van der Waals surface area contributed by atoms with Crippen molar-refractivity contribution in [3.05, 3.63) is 29.6 Å². The summed E-state index contributed by atoms with van der Waals surface area (Å²) in [4.78, 5) is 0. The number of benzene rings is 1. The maximum atomic E-state index is 13.6. The Kier molecular flexibility index (Phi) is 3.95. The lowest BCUT2D eigenvalue weighted by atomic mass is 9.74. The van der Waals surface area contributed by atoms with Crippen molar-refractivity contribution >= 4 is 0 Å². The first-order valence-electron chi connectivity index (χ1n) is 6.39. The molecule has 1 N–H and O–H groups in total. The summed E-state index contributed by atoms with van der Waals surface area (Å²) in [6.45, 7) is 0. The normalized spacial score (nSPS) is 27.4. The summed E-state index contributed by atoms with van der Waals surface area (Å²) in [5.74, 6) is -2.24. The molecule has 0 spiro atoms. The van der Waals surface area contributed by atoms with Crippen LogP contribution < -0.4 is 4.74 Å². The van der Waals surface area contributed by atoms with Crippen LogP contribution in [0, 0.1) is 11.7 Å². The van der Waals surface area contributed by atoms with Crippen molar-refractivity contribution in [1.29, 1.82) is 0 Å². The van der Waals surface area contributed by atoms with Gasteiger partial charge in [-0.1, -0.05) is 6.07 Å². The Morgan fingerprint density at radius 3 is 2.60 bits per heavy atom. The molecule has 0 aliphatic heterocycles. The molecule has 0 bridgehead atoms. The first kappa shape index (κ1) is 15.1. The van der Waals surface area contributed by atoms with Crippen LogP contribution in [0.15, 0.2) is 18.2 Å². The van der Waals surface area contributed by atoms with Gasteiger partial charge in [0.25, 0.3) is 0 Å². The van der Waals surface area contributed by atoms with Gasteiger partial charge in [0.05, 0.1) is 18.6 Å². The molecule has 0 aromatic heterocycles. The second kappa shape index (κ2) is 5.24. The predicted molar refractivity (Wildman–Crippen MR) is 64.9 cm³/mol. The molecule has 112 valence electrons. The minimum Gasteiger partial charge on any atom is -0.494 e. The maximum absolute atomic E-state index is 13.6. The molecule has 6 heteroatoms. The average Bonchev–Trinajstić information content (AvgIpc) is 2.37. The molecule has 0 radical (unpaired) electrons. The van der Waals surface area contributed by atoms with Gasteiger partial charge in [-0.25, -0.2) is 4.39 Å². The second-order valence-corrected chi connectivity index (χ2v) is 5.22. The summed E-state index contributed by atoms with van der Waals surface area (Å²) < 4.78 is 56.8. The number of methoxy groups -OCH3 is 1. The van der Waals surface area contributed by atoms with Crippen molar-refractivity contribution in [1.82, 2.24) is 0 Å². The van der Waals surface area contributed by atoms with Gasteiger partial charge < -0.3 is 9.84 Å². The highest BCUT2D eigenvalue weighted by atomic mass is 19.4. The number of alkyl halides is 3. The van der Waals surface area contributed by atoms with Crippen LogP contribution in [0.25, 0.3) is 0 Å². The fraction of sp³-hybridized carbons (Fsp3) is 0.571. The van der Waals surface area contributed by atoms with Gasteiger partial charge >= 0.3 is 6.18 Å². The van der Waals surface area contributed by atoms with Crippen LogP contribution in [0.4, 0.5) is 17.6 Å². The highest BCUT2D eigenvalue weighted by molar-refractivity contribution is 5.33. The third-order valence-corrected chi connectivity index (χ3v) is 3.88. The number of aliphatic hydroxyl groups is 1. The van der Waals surface area contributed by atoms with Crippen LogP contribution in [0.5, 0.6) is 5.75 Å². The van der Waals surface area contributed by atoms with Gasteiger partial charge in [-0.15, -0.1) is 0 Å². The van der Waals surface area contributed by atoms with E-state index in [0.29, 0.717) is 0 Å². The van der Waals surface area contributed by atoms with Gasteiger partial charge in [-0.2, -0.15) is 13.2 Å². The Balaban J connectivity index is 2.28. The van der Waals surface area contributed by atoms with E-state index in [1.807, 2.05) is 0 Å². The Morgan fingerprint density at radius 1 is 1.35 bits per heavy atom. The van der Waals surface area contributed by atoms with Crippen molar-refractivity contribution in [2.75, 3.05) is 7.11 Å². The van der Waals surface area contributed by atoms with E-state index in [0.717, 1.165) is 6.07 Å². The van der Waals surface area contributed by atoms with E-state index in [4.69, 9.17) is 4.74 Å². The Morgan fingerprint density at radius 2 is 2.05 bits per heavy atom. The molecule has 0 saturated heterocycles. The van der Waals surface area contributed by atoms with Gasteiger partial charge in [0.2, 0.25) is 0 Å². The van der Waals surface area contributed by atoms with Gasteiger partial charge in [0, 0.05) is 0 Å². The number of hydrogen-bond donors (Lipinski definition) is 1. The molecule has 20 heavy (non-hydrogen) atoms. The Hall–Kier alpha value is -1.30. The Bertz CT molecular complexity index is 487. The fourth-order valence-electron chi connectivity index (χ4n) is 2.75. The summed E-state index contributed by atoms with van der Waals surface area (Å²) in [6.07, 6.45) is -4.30. The smallest absolute Gasteiger partial charge is 0.391 e. The van der Waals surface area contributed by atoms with E-state index >= 15 is 0 Å². The quantitative estimate of drug-likeness (QED) is 0.841. The van der Waals surface area contributed by atoms with E-state index in [1.165, 1.54) is 19.2 Å². The zero-order chi connectivity index (χ0) is 15.0. The van der Waals surface area contributed by atoms with E-state index in [9.17, 15) is 22.7 Å². The lowest BCUT2D eigenvalue weighted by molar-refractivity contribution is -0.201. The molecule has 2 nitrogen and oxygen atoms in total. The monoisotopic (exact) mass is 292 g/mol. The largest absolute Gasteiger partial charge is 0.494 e. The highest BCUT2D eigenvalue weighted by Crippen LogP contribution is 2.46. The third-order valence-electron chi connectivity index (χ3n) is 3.88. The molecule has 1 aliphatic carbocycles. The zero-order valence-electron chi connectivity index (χ0n) is 11.0. The van der Waals surface area contributed by atoms with Crippen molar-refractivity contribution in [2.24, 2.45) is 5.92 Å². The van der Waals surface area contributed by atoms with Crippen molar-refractivity contribution < 1.29 is 27.4 Å². The fourth-order valence-corrected chi connectivity index (χ4v) is 2.75. The summed E-state index contributed by atoms with van der Waals surface area (Å²) in [6, 6.07) is 3.79. The van der Waals surface area contributed by atoms with E-state index in [-0.39, 0.29) is 30.6 Å². The molecule has 1 aromatic carbocycles. The maximum Gasteiger partial charge on any atom is 0.391 e. The number of ether oxygens (including phenoxy) is 1. The molecule has 2 unspecified atom stereocenters. The van der Waals surface area contributed by atoms with Crippen LogP contribution in [0.2, 0.25) is 0 Å². The molecule has 1 fully saturated rings.